The Morgan fingerprint density at radius 2 is 1.91 bits per heavy atom. The number of nitrogens with one attached hydrogen (secondary N) is 1. The molecule has 4 heteroatoms. The molecule has 0 spiro atoms. The normalized spacial score (nSPS) is 12.5. The Morgan fingerprint density at radius 1 is 1.14 bits per heavy atom. The molecule has 0 amide bonds. The van der Waals surface area contributed by atoms with Gasteiger partial charge in [0.2, 0.25) is 0 Å². The molecule has 1 unspecified atom stereocenters. The molecule has 1 aromatic heterocycles. The summed E-state index contributed by atoms with van der Waals surface area (Å²) in [6.45, 7) is 5.16. The molecule has 3 nitrogen and oxygen atoms in total. The smallest absolute Gasteiger partial charge is 0.130 e. The summed E-state index contributed by atoms with van der Waals surface area (Å²) in [5.74, 6) is 0.639. The summed E-state index contributed by atoms with van der Waals surface area (Å²) in [4.78, 5) is 10.2. The van der Waals surface area contributed by atoms with Gasteiger partial charge in [0.25, 0.3) is 0 Å². The van der Waals surface area contributed by atoms with E-state index in [4.69, 9.17) is 0 Å². The number of H-pyrrole nitrogens is 1. The molecule has 0 aliphatic heterocycles. The van der Waals surface area contributed by atoms with Gasteiger partial charge in [-0.05, 0) is 43.7 Å². The van der Waals surface area contributed by atoms with Crippen LogP contribution >= 0.6 is 0 Å². The topological polar surface area (TPSA) is 31.9 Å². The van der Waals surface area contributed by atoms with Gasteiger partial charge < -0.3 is 9.88 Å². The Kier molecular flexibility index (Phi) is 4.09. The lowest BCUT2D eigenvalue weighted by molar-refractivity contribution is 0.588. The van der Waals surface area contributed by atoms with Crippen molar-refractivity contribution in [3.8, 4) is 0 Å². The minimum Gasteiger partial charge on any atom is -0.362 e. The quantitative estimate of drug-likeness (QED) is 0.741. The van der Waals surface area contributed by atoms with E-state index in [0.717, 1.165) is 29.8 Å². The van der Waals surface area contributed by atoms with Crippen LogP contribution in [0, 0.1) is 5.82 Å². The standard InChI is InChI=1S/C18H20FN3/c1-3-17(22(4-2)14-8-6-5-7-9-14)18-20-15-11-10-13(19)12-16(15)21-18/h5-12,17H,3-4H2,1-2H3,(H,20,21). The van der Waals surface area contributed by atoms with Crippen LogP contribution in [-0.2, 0) is 0 Å². The van der Waals surface area contributed by atoms with Crippen LogP contribution < -0.4 is 4.90 Å². The third-order valence-electron chi connectivity index (χ3n) is 3.97. The summed E-state index contributed by atoms with van der Waals surface area (Å²) in [7, 11) is 0. The molecule has 0 bridgehead atoms. The van der Waals surface area contributed by atoms with Gasteiger partial charge in [-0.3, -0.25) is 0 Å². The first-order valence-electron chi connectivity index (χ1n) is 7.69. The average Bonchev–Trinajstić information content (AvgIpc) is 2.95. The summed E-state index contributed by atoms with van der Waals surface area (Å²) in [5, 5.41) is 0. The number of anilines is 1. The van der Waals surface area contributed by atoms with Gasteiger partial charge in [-0.1, -0.05) is 25.1 Å². The molecule has 2 aromatic carbocycles. The SMILES string of the molecule is CCC(c1nc2ccc(F)cc2[nH]1)N(CC)c1ccccc1. The number of nitrogens with zero attached hydrogens (tertiary/aromatic N) is 2. The molecule has 0 saturated carbocycles. The lowest BCUT2D eigenvalue weighted by Gasteiger charge is -2.30. The highest BCUT2D eigenvalue weighted by Gasteiger charge is 2.21. The highest BCUT2D eigenvalue weighted by molar-refractivity contribution is 5.75. The number of imidazole rings is 1. The van der Waals surface area contributed by atoms with E-state index in [1.54, 1.807) is 6.07 Å². The van der Waals surface area contributed by atoms with Crippen molar-refractivity contribution in [1.29, 1.82) is 0 Å². The van der Waals surface area contributed by atoms with E-state index < -0.39 is 0 Å². The van der Waals surface area contributed by atoms with Gasteiger partial charge in [-0.15, -0.1) is 0 Å². The van der Waals surface area contributed by atoms with Crippen LogP contribution in [0.3, 0.4) is 0 Å². The minimum absolute atomic E-state index is 0.142. The van der Waals surface area contributed by atoms with E-state index in [2.05, 4.69) is 40.8 Å². The zero-order chi connectivity index (χ0) is 15.5. The van der Waals surface area contributed by atoms with Crippen molar-refractivity contribution in [2.24, 2.45) is 0 Å². The maximum absolute atomic E-state index is 13.4. The number of hydrogen-bond donors (Lipinski definition) is 1. The Morgan fingerprint density at radius 3 is 2.59 bits per heavy atom. The van der Waals surface area contributed by atoms with Crippen molar-refractivity contribution in [3.63, 3.8) is 0 Å². The molecule has 1 atom stereocenters. The van der Waals surface area contributed by atoms with E-state index in [-0.39, 0.29) is 11.9 Å². The predicted molar refractivity (Wildman–Crippen MR) is 88.5 cm³/mol. The van der Waals surface area contributed by atoms with Crippen molar-refractivity contribution >= 4 is 16.7 Å². The molecular weight excluding hydrogens is 277 g/mol. The largest absolute Gasteiger partial charge is 0.362 e. The fourth-order valence-electron chi connectivity index (χ4n) is 2.92. The van der Waals surface area contributed by atoms with E-state index in [1.165, 1.54) is 17.8 Å². The van der Waals surface area contributed by atoms with E-state index in [0.29, 0.717) is 0 Å². The van der Waals surface area contributed by atoms with Gasteiger partial charge >= 0.3 is 0 Å². The fraction of sp³-hybridized carbons (Fsp3) is 0.278. The zero-order valence-corrected chi connectivity index (χ0v) is 12.9. The van der Waals surface area contributed by atoms with Gasteiger partial charge in [-0.2, -0.15) is 0 Å². The Balaban J connectivity index is 2.00. The molecule has 0 radical (unpaired) electrons. The number of benzene rings is 2. The number of fused-ring (bicyclic) bond motifs is 1. The van der Waals surface area contributed by atoms with Crippen LogP contribution in [0.25, 0.3) is 11.0 Å². The summed E-state index contributed by atoms with van der Waals surface area (Å²) >= 11 is 0. The molecule has 0 fully saturated rings. The highest BCUT2D eigenvalue weighted by atomic mass is 19.1. The molecule has 3 rings (SSSR count). The number of aromatic amines is 1. The molecule has 22 heavy (non-hydrogen) atoms. The van der Waals surface area contributed by atoms with Crippen LogP contribution in [0.15, 0.2) is 48.5 Å². The fourth-order valence-corrected chi connectivity index (χ4v) is 2.92. The zero-order valence-electron chi connectivity index (χ0n) is 12.9. The van der Waals surface area contributed by atoms with Crippen LogP contribution in [0.5, 0.6) is 0 Å². The van der Waals surface area contributed by atoms with Gasteiger partial charge in [-0.25, -0.2) is 9.37 Å². The summed E-state index contributed by atoms with van der Waals surface area (Å²) < 4.78 is 13.4. The third kappa shape index (κ3) is 2.69. The van der Waals surface area contributed by atoms with Crippen molar-refractivity contribution in [2.75, 3.05) is 11.4 Å². The van der Waals surface area contributed by atoms with Crippen LogP contribution in [0.2, 0.25) is 0 Å². The Hall–Kier alpha value is -2.36. The van der Waals surface area contributed by atoms with Crippen molar-refractivity contribution in [2.45, 2.75) is 26.3 Å². The molecule has 3 aromatic rings. The molecule has 0 aliphatic carbocycles. The molecule has 1 heterocycles. The van der Waals surface area contributed by atoms with Crippen LogP contribution in [-0.4, -0.2) is 16.5 Å². The first kappa shape index (κ1) is 14.6. The number of rotatable bonds is 5. The molecular formula is C18H20FN3. The van der Waals surface area contributed by atoms with E-state index >= 15 is 0 Å². The van der Waals surface area contributed by atoms with E-state index in [9.17, 15) is 4.39 Å². The number of halogens is 1. The monoisotopic (exact) mass is 297 g/mol. The minimum atomic E-state index is -0.244. The maximum atomic E-state index is 13.4. The third-order valence-corrected chi connectivity index (χ3v) is 3.97. The molecule has 1 N–H and O–H groups in total. The highest BCUT2D eigenvalue weighted by Crippen LogP contribution is 2.29. The van der Waals surface area contributed by atoms with Crippen molar-refractivity contribution in [1.82, 2.24) is 9.97 Å². The Bertz CT molecular complexity index is 751. The lowest BCUT2D eigenvalue weighted by atomic mass is 10.1. The maximum Gasteiger partial charge on any atom is 0.130 e. The molecule has 114 valence electrons. The number of aromatic nitrogens is 2. The van der Waals surface area contributed by atoms with Crippen LogP contribution in [0.1, 0.15) is 32.1 Å². The lowest BCUT2D eigenvalue weighted by Crippen LogP contribution is -2.28. The number of para-hydroxylation sites is 1. The summed E-state index contributed by atoms with van der Waals surface area (Å²) in [6.07, 6.45) is 0.922. The van der Waals surface area contributed by atoms with Crippen LogP contribution in [0.4, 0.5) is 10.1 Å². The van der Waals surface area contributed by atoms with Crippen molar-refractivity contribution < 1.29 is 4.39 Å². The second-order valence-electron chi connectivity index (χ2n) is 5.33. The molecule has 0 aliphatic rings. The predicted octanol–water partition coefficient (Wildman–Crippen LogP) is 4.68. The summed E-state index contributed by atoms with van der Waals surface area (Å²) in [5.41, 5.74) is 2.72. The van der Waals surface area contributed by atoms with E-state index in [1.807, 2.05) is 18.2 Å². The van der Waals surface area contributed by atoms with Gasteiger partial charge in [0.15, 0.2) is 0 Å². The van der Waals surface area contributed by atoms with Gasteiger partial charge in [0.1, 0.15) is 11.6 Å². The number of hydrogen-bond acceptors (Lipinski definition) is 2. The van der Waals surface area contributed by atoms with Gasteiger partial charge in [0.05, 0.1) is 17.1 Å². The Labute approximate surface area is 129 Å². The first-order chi connectivity index (χ1) is 10.7. The van der Waals surface area contributed by atoms with Gasteiger partial charge in [0, 0.05) is 12.2 Å². The molecule has 0 saturated heterocycles. The second-order valence-corrected chi connectivity index (χ2v) is 5.33. The van der Waals surface area contributed by atoms with Crippen molar-refractivity contribution in [3.05, 3.63) is 60.2 Å². The first-order valence-corrected chi connectivity index (χ1v) is 7.69. The second kappa shape index (κ2) is 6.18. The summed E-state index contributed by atoms with van der Waals surface area (Å²) in [6, 6.07) is 15.1. The average molecular weight is 297 g/mol.